The molecule has 1 aliphatic rings. The SMILES string of the molecule is CC(C)C(C=O)C(=O)N1CCN(C(=O)C=Cc2cc(F)cc(F)c2)CC1. The van der Waals surface area contributed by atoms with E-state index < -0.39 is 17.6 Å². The van der Waals surface area contributed by atoms with Gasteiger partial charge in [-0.05, 0) is 29.7 Å². The lowest BCUT2D eigenvalue weighted by molar-refractivity contribution is -0.143. The van der Waals surface area contributed by atoms with Gasteiger partial charge >= 0.3 is 0 Å². The molecule has 140 valence electrons. The first kappa shape index (κ1) is 19.8. The normalized spacial score (nSPS) is 16.2. The van der Waals surface area contributed by atoms with Crippen LogP contribution in [0.5, 0.6) is 0 Å². The van der Waals surface area contributed by atoms with Crippen LogP contribution in [0.2, 0.25) is 0 Å². The lowest BCUT2D eigenvalue weighted by Gasteiger charge is -2.35. The predicted molar refractivity (Wildman–Crippen MR) is 92.9 cm³/mol. The first-order valence-corrected chi connectivity index (χ1v) is 8.49. The summed E-state index contributed by atoms with van der Waals surface area (Å²) in [5.41, 5.74) is 0.260. The second kappa shape index (κ2) is 8.69. The minimum Gasteiger partial charge on any atom is -0.339 e. The largest absolute Gasteiger partial charge is 0.339 e. The summed E-state index contributed by atoms with van der Waals surface area (Å²) in [6.07, 6.45) is 3.28. The van der Waals surface area contributed by atoms with Crippen LogP contribution in [0, 0.1) is 23.5 Å². The molecule has 1 aromatic rings. The summed E-state index contributed by atoms with van der Waals surface area (Å²) in [6.45, 7) is 5.02. The molecule has 7 heteroatoms. The molecule has 0 spiro atoms. The van der Waals surface area contributed by atoms with Crippen LogP contribution in [-0.4, -0.2) is 54.1 Å². The lowest BCUT2D eigenvalue weighted by Crippen LogP contribution is -2.52. The van der Waals surface area contributed by atoms with Crippen molar-refractivity contribution in [3.05, 3.63) is 41.5 Å². The summed E-state index contributed by atoms with van der Waals surface area (Å²) in [6, 6.07) is 3.03. The number of halogens is 2. The van der Waals surface area contributed by atoms with E-state index in [9.17, 15) is 23.2 Å². The molecular weight excluding hydrogens is 342 g/mol. The summed E-state index contributed by atoms with van der Waals surface area (Å²) in [7, 11) is 0. The molecule has 0 bridgehead atoms. The highest BCUT2D eigenvalue weighted by atomic mass is 19.1. The van der Waals surface area contributed by atoms with Crippen LogP contribution < -0.4 is 0 Å². The van der Waals surface area contributed by atoms with Crippen molar-refractivity contribution in [1.82, 2.24) is 9.80 Å². The second-order valence-corrected chi connectivity index (χ2v) is 6.59. The van der Waals surface area contributed by atoms with Crippen LogP contribution in [-0.2, 0) is 14.4 Å². The number of carbonyl (C=O) groups excluding carboxylic acids is 3. The van der Waals surface area contributed by atoms with E-state index in [1.54, 1.807) is 9.80 Å². The van der Waals surface area contributed by atoms with Crippen molar-refractivity contribution in [1.29, 1.82) is 0 Å². The average Bonchev–Trinajstić information content (AvgIpc) is 2.59. The Morgan fingerprint density at radius 3 is 2.04 bits per heavy atom. The third-order valence-electron chi connectivity index (χ3n) is 4.36. The number of rotatable bonds is 5. The maximum atomic E-state index is 13.1. The molecule has 0 N–H and O–H groups in total. The van der Waals surface area contributed by atoms with Gasteiger partial charge in [-0.1, -0.05) is 13.8 Å². The molecule has 1 saturated heterocycles. The van der Waals surface area contributed by atoms with Crippen molar-refractivity contribution < 1.29 is 23.2 Å². The Balaban J connectivity index is 1.92. The van der Waals surface area contributed by atoms with Gasteiger partial charge in [-0.15, -0.1) is 0 Å². The zero-order valence-electron chi connectivity index (χ0n) is 14.8. The molecule has 1 heterocycles. The molecule has 0 aromatic heterocycles. The van der Waals surface area contributed by atoms with Gasteiger partial charge in [-0.3, -0.25) is 9.59 Å². The Labute approximate surface area is 151 Å². The van der Waals surface area contributed by atoms with Crippen molar-refractivity contribution in [2.75, 3.05) is 26.2 Å². The van der Waals surface area contributed by atoms with Crippen molar-refractivity contribution in [3.8, 4) is 0 Å². The standard InChI is InChI=1S/C19H22F2N2O3/c1-13(2)17(12-24)19(26)23-7-5-22(6-8-23)18(25)4-3-14-9-15(20)11-16(21)10-14/h3-4,9-13,17H,5-8H2,1-2H3. The first-order chi connectivity index (χ1) is 12.3. The topological polar surface area (TPSA) is 57.7 Å². The fraction of sp³-hybridized carbons (Fsp3) is 0.421. The summed E-state index contributed by atoms with van der Waals surface area (Å²) in [5.74, 6) is -2.67. The molecule has 1 fully saturated rings. The van der Waals surface area contributed by atoms with Crippen molar-refractivity contribution in [2.24, 2.45) is 11.8 Å². The Hall–Kier alpha value is -2.57. The van der Waals surface area contributed by atoms with Crippen molar-refractivity contribution in [2.45, 2.75) is 13.8 Å². The predicted octanol–water partition coefficient (Wildman–Crippen LogP) is 2.12. The highest BCUT2D eigenvalue weighted by Gasteiger charge is 2.29. The van der Waals surface area contributed by atoms with E-state index in [0.29, 0.717) is 32.5 Å². The van der Waals surface area contributed by atoms with Gasteiger partial charge in [0, 0.05) is 38.3 Å². The van der Waals surface area contributed by atoms with E-state index >= 15 is 0 Å². The second-order valence-electron chi connectivity index (χ2n) is 6.59. The summed E-state index contributed by atoms with van der Waals surface area (Å²) in [4.78, 5) is 38.8. The van der Waals surface area contributed by atoms with Crippen LogP contribution >= 0.6 is 0 Å². The third-order valence-corrected chi connectivity index (χ3v) is 4.36. The van der Waals surface area contributed by atoms with Gasteiger partial charge in [0.25, 0.3) is 0 Å². The Bertz CT molecular complexity index is 690. The molecule has 2 amide bonds. The number of aldehydes is 1. The van der Waals surface area contributed by atoms with Crippen LogP contribution in [0.15, 0.2) is 24.3 Å². The van der Waals surface area contributed by atoms with Gasteiger partial charge in [0.1, 0.15) is 17.9 Å². The molecule has 1 atom stereocenters. The number of carbonyl (C=O) groups is 3. The maximum Gasteiger partial charge on any atom is 0.246 e. The summed E-state index contributed by atoms with van der Waals surface area (Å²) < 4.78 is 26.3. The highest BCUT2D eigenvalue weighted by molar-refractivity contribution is 5.93. The van der Waals surface area contributed by atoms with Gasteiger partial charge in [0.15, 0.2) is 0 Å². The van der Waals surface area contributed by atoms with Gasteiger partial charge in [0.2, 0.25) is 11.8 Å². The van der Waals surface area contributed by atoms with E-state index in [1.807, 2.05) is 13.8 Å². The van der Waals surface area contributed by atoms with E-state index in [4.69, 9.17) is 0 Å². The number of benzene rings is 1. The quantitative estimate of drug-likeness (QED) is 0.457. The number of amides is 2. The summed E-state index contributed by atoms with van der Waals surface area (Å²) >= 11 is 0. The molecule has 5 nitrogen and oxygen atoms in total. The van der Waals surface area contributed by atoms with Gasteiger partial charge in [0.05, 0.1) is 5.92 Å². The Morgan fingerprint density at radius 2 is 1.54 bits per heavy atom. The molecule has 0 aliphatic carbocycles. The van der Waals surface area contributed by atoms with Crippen LogP contribution in [0.4, 0.5) is 8.78 Å². The van der Waals surface area contributed by atoms with E-state index in [2.05, 4.69) is 0 Å². The molecule has 1 aromatic carbocycles. The number of hydrogen-bond donors (Lipinski definition) is 0. The number of hydrogen-bond acceptors (Lipinski definition) is 3. The molecule has 1 aliphatic heterocycles. The highest BCUT2D eigenvalue weighted by Crippen LogP contribution is 2.15. The Morgan fingerprint density at radius 1 is 1.00 bits per heavy atom. The minimum absolute atomic E-state index is 0.0748. The maximum absolute atomic E-state index is 13.1. The minimum atomic E-state index is -0.709. The number of nitrogens with zero attached hydrogens (tertiary/aromatic N) is 2. The zero-order valence-corrected chi connectivity index (χ0v) is 14.8. The molecule has 0 saturated carbocycles. The van der Waals surface area contributed by atoms with Gasteiger partial charge in [-0.2, -0.15) is 0 Å². The molecule has 0 radical (unpaired) electrons. The van der Waals surface area contributed by atoms with Gasteiger partial charge < -0.3 is 14.6 Å². The fourth-order valence-corrected chi connectivity index (χ4v) is 2.80. The first-order valence-electron chi connectivity index (χ1n) is 8.49. The monoisotopic (exact) mass is 364 g/mol. The Kier molecular flexibility index (Phi) is 6.60. The van der Waals surface area contributed by atoms with Crippen molar-refractivity contribution in [3.63, 3.8) is 0 Å². The average molecular weight is 364 g/mol. The van der Waals surface area contributed by atoms with Crippen LogP contribution in [0.1, 0.15) is 19.4 Å². The lowest BCUT2D eigenvalue weighted by atomic mass is 9.95. The van der Waals surface area contributed by atoms with E-state index in [0.717, 1.165) is 18.2 Å². The van der Waals surface area contributed by atoms with Crippen LogP contribution in [0.25, 0.3) is 6.08 Å². The fourth-order valence-electron chi connectivity index (χ4n) is 2.80. The smallest absolute Gasteiger partial charge is 0.246 e. The number of piperazine rings is 1. The molecular formula is C19H22F2N2O3. The van der Waals surface area contributed by atoms with Crippen LogP contribution in [0.3, 0.4) is 0 Å². The third kappa shape index (κ3) is 4.97. The van der Waals surface area contributed by atoms with E-state index in [1.165, 1.54) is 12.2 Å². The molecule has 26 heavy (non-hydrogen) atoms. The van der Waals surface area contributed by atoms with Crippen molar-refractivity contribution >= 4 is 24.2 Å². The molecule has 1 unspecified atom stereocenters. The molecule has 2 rings (SSSR count). The van der Waals surface area contributed by atoms with Gasteiger partial charge in [-0.25, -0.2) is 8.78 Å². The van der Waals surface area contributed by atoms with E-state index in [-0.39, 0.29) is 23.3 Å². The zero-order chi connectivity index (χ0) is 19.3. The summed E-state index contributed by atoms with van der Waals surface area (Å²) in [5, 5.41) is 0.